The number of esters is 2. The minimum Gasteiger partial charge on any atom is -0.463 e. The predicted octanol–water partition coefficient (Wildman–Crippen LogP) is 12.3. The number of aliphatic hydroxyl groups is 2. The summed E-state index contributed by atoms with van der Waals surface area (Å²) in [5.41, 5.74) is 0. The summed E-state index contributed by atoms with van der Waals surface area (Å²) in [5, 5.41) is 20.1. The molecule has 0 aliphatic carbocycles. The Bertz CT molecular complexity index is 975. The van der Waals surface area contributed by atoms with Crippen LogP contribution in [0.15, 0.2) is 72.9 Å². The van der Waals surface area contributed by atoms with Gasteiger partial charge in [-0.3, -0.25) is 9.59 Å². The molecule has 0 saturated carbocycles. The molecule has 0 aromatic carbocycles. The lowest BCUT2D eigenvalue weighted by Crippen LogP contribution is -2.25. The normalized spacial score (nSPS) is 13.5. The van der Waals surface area contributed by atoms with Crippen LogP contribution in [0, 0.1) is 0 Å². The zero-order valence-corrected chi connectivity index (χ0v) is 33.4. The second-order valence-electron chi connectivity index (χ2n) is 13.9. The molecule has 0 radical (unpaired) electrons. The molecule has 0 rings (SSSR count). The van der Waals surface area contributed by atoms with Crippen LogP contribution >= 0.6 is 0 Å². The first-order valence-corrected chi connectivity index (χ1v) is 21.1. The van der Waals surface area contributed by atoms with E-state index in [2.05, 4.69) is 62.5 Å². The molecule has 0 aromatic heterocycles. The molecule has 0 spiro atoms. The Morgan fingerprint density at radius 3 is 1.31 bits per heavy atom. The second-order valence-corrected chi connectivity index (χ2v) is 13.9. The molecule has 2 atom stereocenters. The number of rotatable bonds is 37. The number of allylic oxidation sites excluding steroid dienone is 11. The Labute approximate surface area is 319 Å². The molecule has 1 unspecified atom stereocenters. The lowest BCUT2D eigenvalue weighted by atomic mass is 10.0. The molecule has 6 heteroatoms. The third-order valence-electron chi connectivity index (χ3n) is 8.82. The van der Waals surface area contributed by atoms with E-state index in [0.29, 0.717) is 6.42 Å². The number of carbonyl (C=O) groups is 2. The molecule has 0 aliphatic rings. The average molecular weight is 727 g/mol. The van der Waals surface area contributed by atoms with E-state index < -0.39 is 18.2 Å². The maximum Gasteiger partial charge on any atom is 0.305 e. The van der Waals surface area contributed by atoms with Crippen LogP contribution in [-0.4, -0.2) is 47.6 Å². The summed E-state index contributed by atoms with van der Waals surface area (Å²) < 4.78 is 10.2. The van der Waals surface area contributed by atoms with Gasteiger partial charge < -0.3 is 19.7 Å². The van der Waals surface area contributed by atoms with Crippen LogP contribution in [-0.2, 0) is 19.1 Å². The first kappa shape index (κ1) is 49.3. The summed E-state index contributed by atoms with van der Waals surface area (Å²) in [4.78, 5) is 24.0. The fraction of sp³-hybridized carbons (Fsp3) is 0.696. The van der Waals surface area contributed by atoms with Gasteiger partial charge in [-0.25, -0.2) is 0 Å². The molecule has 0 fully saturated rings. The SMILES string of the molecule is CC/C=C\C/C=C\C/C=C\C/C=C\C/C=C\C=C/C(O)CCC(=O)OC[C@@H](O)COC(=O)CCCCCCCCCCCCCCCCCCCC. The summed E-state index contributed by atoms with van der Waals surface area (Å²) in [6, 6.07) is 0. The van der Waals surface area contributed by atoms with Crippen molar-refractivity contribution >= 4 is 11.9 Å². The van der Waals surface area contributed by atoms with E-state index in [1.807, 2.05) is 12.2 Å². The maximum absolute atomic E-state index is 12.0. The Morgan fingerprint density at radius 1 is 0.481 bits per heavy atom. The van der Waals surface area contributed by atoms with E-state index in [9.17, 15) is 19.8 Å². The highest BCUT2D eigenvalue weighted by Gasteiger charge is 2.13. The Balaban J connectivity index is 3.64. The number of hydrogen-bond acceptors (Lipinski definition) is 6. The van der Waals surface area contributed by atoms with Crippen molar-refractivity contribution in [1.29, 1.82) is 0 Å². The topological polar surface area (TPSA) is 93.1 Å². The summed E-state index contributed by atoms with van der Waals surface area (Å²) in [7, 11) is 0. The van der Waals surface area contributed by atoms with Crippen LogP contribution in [0.2, 0.25) is 0 Å². The van der Waals surface area contributed by atoms with Crippen LogP contribution in [0.1, 0.15) is 181 Å². The third kappa shape index (κ3) is 40.1. The monoisotopic (exact) mass is 727 g/mol. The van der Waals surface area contributed by atoms with Gasteiger partial charge in [-0.15, -0.1) is 0 Å². The minimum atomic E-state index is -1.06. The zero-order chi connectivity index (χ0) is 38.0. The van der Waals surface area contributed by atoms with Gasteiger partial charge in [0.2, 0.25) is 0 Å². The Kier molecular flexibility index (Phi) is 38.9. The van der Waals surface area contributed by atoms with Gasteiger partial charge in [-0.05, 0) is 44.9 Å². The average Bonchev–Trinajstić information content (AvgIpc) is 3.14. The van der Waals surface area contributed by atoms with Crippen molar-refractivity contribution in [2.24, 2.45) is 0 Å². The molecule has 0 saturated heterocycles. The zero-order valence-electron chi connectivity index (χ0n) is 33.4. The summed E-state index contributed by atoms with van der Waals surface area (Å²) in [6.45, 7) is 3.98. The Hall–Kier alpha value is -2.70. The van der Waals surface area contributed by atoms with E-state index in [0.717, 1.165) is 51.4 Å². The van der Waals surface area contributed by atoms with Gasteiger partial charge in [0.15, 0.2) is 0 Å². The number of hydrogen-bond donors (Lipinski definition) is 2. The van der Waals surface area contributed by atoms with Gasteiger partial charge in [0.05, 0.1) is 6.10 Å². The van der Waals surface area contributed by atoms with E-state index in [1.54, 1.807) is 12.2 Å². The molecule has 298 valence electrons. The smallest absolute Gasteiger partial charge is 0.305 e. The fourth-order valence-electron chi connectivity index (χ4n) is 5.61. The third-order valence-corrected chi connectivity index (χ3v) is 8.82. The predicted molar refractivity (Wildman–Crippen MR) is 220 cm³/mol. The highest BCUT2D eigenvalue weighted by Crippen LogP contribution is 2.15. The van der Waals surface area contributed by atoms with E-state index in [-0.39, 0.29) is 32.0 Å². The van der Waals surface area contributed by atoms with Gasteiger partial charge >= 0.3 is 11.9 Å². The molecule has 0 bridgehead atoms. The first-order valence-electron chi connectivity index (χ1n) is 21.1. The summed E-state index contributed by atoms with van der Waals surface area (Å²) >= 11 is 0. The van der Waals surface area contributed by atoms with Crippen LogP contribution in [0.25, 0.3) is 0 Å². The number of carbonyl (C=O) groups excluding carboxylic acids is 2. The van der Waals surface area contributed by atoms with Gasteiger partial charge in [-0.2, -0.15) is 0 Å². The molecule has 52 heavy (non-hydrogen) atoms. The van der Waals surface area contributed by atoms with Gasteiger partial charge in [0.1, 0.15) is 19.3 Å². The highest BCUT2D eigenvalue weighted by molar-refractivity contribution is 5.69. The van der Waals surface area contributed by atoms with Crippen LogP contribution < -0.4 is 0 Å². The highest BCUT2D eigenvalue weighted by atomic mass is 16.6. The van der Waals surface area contributed by atoms with Crippen LogP contribution in [0.3, 0.4) is 0 Å². The standard InChI is InChI=1S/C46H78O6/c1-3-5-7-9-11-13-15-17-19-21-22-24-26-28-30-32-34-36-38-45(49)51-41-44(48)42-52-46(50)40-39-43(47)37-35-33-31-29-27-25-23-20-18-16-14-12-10-8-6-4-2/h6,8,12,14,18,20,25,27,31,33,35,37,43-44,47-48H,3-5,7,9-11,13,15-17,19,21-24,26,28-30,32,34,36,38-42H2,1-2H3/b8-6-,14-12-,20-18-,27-25-,33-31-,37-35-/t43?,44-/m0/s1. The lowest BCUT2D eigenvalue weighted by molar-refractivity contribution is -0.152. The first-order chi connectivity index (χ1) is 25.5. The van der Waals surface area contributed by atoms with Crippen molar-refractivity contribution in [3.63, 3.8) is 0 Å². The Morgan fingerprint density at radius 2 is 0.865 bits per heavy atom. The molecule has 0 aromatic rings. The van der Waals surface area contributed by atoms with Crippen LogP contribution in [0.4, 0.5) is 0 Å². The molecular formula is C46H78O6. The van der Waals surface area contributed by atoms with Crippen molar-refractivity contribution in [3.05, 3.63) is 72.9 Å². The summed E-state index contributed by atoms with van der Waals surface area (Å²) in [5.74, 6) is -0.837. The van der Waals surface area contributed by atoms with Gasteiger partial charge in [-0.1, -0.05) is 196 Å². The van der Waals surface area contributed by atoms with E-state index in [4.69, 9.17) is 9.47 Å². The molecule has 0 heterocycles. The molecular weight excluding hydrogens is 648 g/mol. The van der Waals surface area contributed by atoms with Gasteiger partial charge in [0, 0.05) is 12.8 Å². The van der Waals surface area contributed by atoms with Crippen molar-refractivity contribution < 1.29 is 29.3 Å². The molecule has 0 aliphatic heterocycles. The number of aliphatic hydroxyl groups excluding tert-OH is 2. The van der Waals surface area contributed by atoms with Crippen molar-refractivity contribution in [3.8, 4) is 0 Å². The second kappa shape index (κ2) is 41.1. The number of ether oxygens (including phenoxy) is 2. The lowest BCUT2D eigenvalue weighted by Gasteiger charge is -2.12. The maximum atomic E-state index is 12.0. The minimum absolute atomic E-state index is 0.0308. The molecule has 6 nitrogen and oxygen atoms in total. The van der Waals surface area contributed by atoms with E-state index in [1.165, 1.54) is 96.3 Å². The van der Waals surface area contributed by atoms with E-state index >= 15 is 0 Å². The quantitative estimate of drug-likeness (QED) is 0.0286. The number of unbranched alkanes of at least 4 members (excludes halogenated alkanes) is 17. The molecule has 0 amide bonds. The van der Waals surface area contributed by atoms with Crippen molar-refractivity contribution in [1.82, 2.24) is 0 Å². The van der Waals surface area contributed by atoms with Gasteiger partial charge in [0.25, 0.3) is 0 Å². The van der Waals surface area contributed by atoms with Crippen molar-refractivity contribution in [2.75, 3.05) is 13.2 Å². The fourth-order valence-corrected chi connectivity index (χ4v) is 5.61. The molecule has 2 N–H and O–H groups in total. The van der Waals surface area contributed by atoms with Crippen LogP contribution in [0.5, 0.6) is 0 Å². The van der Waals surface area contributed by atoms with Crippen molar-refractivity contribution in [2.45, 2.75) is 193 Å². The largest absolute Gasteiger partial charge is 0.463 e. The summed E-state index contributed by atoms with van der Waals surface area (Å²) in [6.07, 6.45) is 51.5.